The molecule has 4 nitrogen and oxygen atoms in total. The highest BCUT2D eigenvalue weighted by molar-refractivity contribution is 5.45. The second kappa shape index (κ2) is 8.63. The van der Waals surface area contributed by atoms with E-state index < -0.39 is 0 Å². The predicted octanol–water partition coefficient (Wildman–Crippen LogP) is 4.49. The lowest BCUT2D eigenvalue weighted by Gasteiger charge is -2.37. The third kappa shape index (κ3) is 4.37. The molecule has 132 valence electrons. The fourth-order valence-corrected chi connectivity index (χ4v) is 4.10. The van der Waals surface area contributed by atoms with Crippen LogP contribution in [0.4, 0.5) is 0 Å². The van der Waals surface area contributed by atoms with Gasteiger partial charge in [-0.25, -0.2) is 0 Å². The molecule has 2 aliphatic rings. The minimum absolute atomic E-state index is 0.303. The van der Waals surface area contributed by atoms with Crippen molar-refractivity contribution >= 4 is 6.47 Å². The molecule has 0 unspecified atom stereocenters. The maximum absolute atomic E-state index is 10.3. The van der Waals surface area contributed by atoms with Crippen LogP contribution < -0.4 is 4.74 Å². The number of carbonyl (C=O) groups excluding carboxylic acids is 1. The van der Waals surface area contributed by atoms with Gasteiger partial charge in [-0.2, -0.15) is 0 Å². The van der Waals surface area contributed by atoms with Crippen LogP contribution in [0.1, 0.15) is 57.3 Å². The first-order valence-electron chi connectivity index (χ1n) is 9.23. The van der Waals surface area contributed by atoms with Crippen molar-refractivity contribution in [3.8, 4) is 5.75 Å². The van der Waals surface area contributed by atoms with Crippen molar-refractivity contribution in [2.45, 2.75) is 51.7 Å². The fourth-order valence-electron chi connectivity index (χ4n) is 4.10. The zero-order valence-electron chi connectivity index (χ0n) is 14.5. The van der Waals surface area contributed by atoms with E-state index >= 15 is 0 Å². The Bertz CT molecular complexity index is 497. The van der Waals surface area contributed by atoms with Crippen LogP contribution in [-0.2, 0) is 14.3 Å². The predicted molar refractivity (Wildman–Crippen MR) is 91.6 cm³/mol. The molecule has 0 N–H and O–H groups in total. The minimum atomic E-state index is -0.303. The molecule has 2 fully saturated rings. The van der Waals surface area contributed by atoms with E-state index in [-0.39, 0.29) is 6.29 Å². The van der Waals surface area contributed by atoms with Gasteiger partial charge in [0.15, 0.2) is 6.29 Å². The van der Waals surface area contributed by atoms with Gasteiger partial charge in [0.25, 0.3) is 6.47 Å². The molecule has 0 atom stereocenters. The molecule has 1 saturated heterocycles. The van der Waals surface area contributed by atoms with Crippen LogP contribution in [-0.4, -0.2) is 19.7 Å². The molecule has 1 aromatic rings. The van der Waals surface area contributed by atoms with E-state index in [0.717, 1.165) is 30.6 Å². The second-order valence-corrected chi connectivity index (χ2v) is 7.11. The lowest BCUT2D eigenvalue weighted by atomic mass is 9.75. The molecule has 0 spiro atoms. The topological polar surface area (TPSA) is 44.8 Å². The smallest absolute Gasteiger partial charge is 0.298 e. The Morgan fingerprint density at radius 1 is 1.04 bits per heavy atom. The van der Waals surface area contributed by atoms with Gasteiger partial charge < -0.3 is 14.2 Å². The molecule has 0 bridgehead atoms. The largest absolute Gasteiger partial charge is 0.429 e. The summed E-state index contributed by atoms with van der Waals surface area (Å²) in [5.41, 5.74) is 0.971. The van der Waals surface area contributed by atoms with Crippen LogP contribution in [0.25, 0.3) is 0 Å². The summed E-state index contributed by atoms with van der Waals surface area (Å²) in [7, 11) is 0. The molecule has 1 aromatic carbocycles. The van der Waals surface area contributed by atoms with Crippen molar-refractivity contribution in [3.05, 3.63) is 29.8 Å². The van der Waals surface area contributed by atoms with E-state index in [4.69, 9.17) is 14.2 Å². The van der Waals surface area contributed by atoms with Gasteiger partial charge in [-0.1, -0.05) is 44.7 Å². The first-order valence-corrected chi connectivity index (χ1v) is 9.23. The zero-order chi connectivity index (χ0) is 16.8. The molecule has 1 heterocycles. The van der Waals surface area contributed by atoms with Crippen LogP contribution in [0.5, 0.6) is 5.75 Å². The maximum Gasteiger partial charge on any atom is 0.298 e. The van der Waals surface area contributed by atoms with Crippen LogP contribution in [0, 0.1) is 17.8 Å². The molecule has 0 amide bonds. The molecule has 4 heteroatoms. The fraction of sp³-hybridized carbons (Fsp3) is 0.650. The summed E-state index contributed by atoms with van der Waals surface area (Å²) in [6, 6.07) is 7.30. The first kappa shape index (κ1) is 17.4. The highest BCUT2D eigenvalue weighted by Crippen LogP contribution is 2.38. The Labute approximate surface area is 144 Å². The van der Waals surface area contributed by atoms with Crippen molar-refractivity contribution in [2.24, 2.45) is 17.8 Å². The van der Waals surface area contributed by atoms with E-state index in [1.807, 2.05) is 12.1 Å². The Balaban J connectivity index is 1.46. The number of ether oxygens (including phenoxy) is 3. The Hall–Kier alpha value is -1.39. The number of hydrogen-bond donors (Lipinski definition) is 0. The average molecular weight is 332 g/mol. The first-order chi connectivity index (χ1) is 11.8. The van der Waals surface area contributed by atoms with E-state index in [9.17, 15) is 4.79 Å². The van der Waals surface area contributed by atoms with E-state index in [2.05, 4.69) is 6.92 Å². The quantitative estimate of drug-likeness (QED) is 0.720. The molecule has 1 aliphatic carbocycles. The number of hydrogen-bond acceptors (Lipinski definition) is 4. The zero-order valence-corrected chi connectivity index (χ0v) is 14.5. The van der Waals surface area contributed by atoms with Crippen LogP contribution in [0.3, 0.4) is 0 Å². The maximum atomic E-state index is 10.3. The van der Waals surface area contributed by atoms with Crippen molar-refractivity contribution in [1.29, 1.82) is 0 Å². The number of carbonyl (C=O) groups is 1. The van der Waals surface area contributed by atoms with Gasteiger partial charge in [-0.3, -0.25) is 4.79 Å². The summed E-state index contributed by atoms with van der Waals surface area (Å²) in [5, 5.41) is 0. The van der Waals surface area contributed by atoms with E-state index in [1.54, 1.807) is 12.1 Å². The third-order valence-electron chi connectivity index (χ3n) is 5.51. The standard InChI is InChI=1S/C20H28O4/c1-2-3-15-4-6-16(7-5-15)18-12-22-20(23-13-18)17-8-10-19(11-9-17)24-14-21/h8-11,14-16,18,20H,2-7,12-13H2,1H3/t15?,16?,18-,20-. The van der Waals surface area contributed by atoms with Crippen molar-refractivity contribution in [3.63, 3.8) is 0 Å². The van der Waals surface area contributed by atoms with Crippen molar-refractivity contribution < 1.29 is 19.0 Å². The molecule has 0 aromatic heterocycles. The summed E-state index contributed by atoms with van der Waals surface area (Å²) >= 11 is 0. The van der Waals surface area contributed by atoms with Crippen molar-refractivity contribution in [2.75, 3.05) is 13.2 Å². The van der Waals surface area contributed by atoms with Gasteiger partial charge in [0, 0.05) is 11.5 Å². The third-order valence-corrected chi connectivity index (χ3v) is 5.51. The van der Waals surface area contributed by atoms with Gasteiger partial charge in [0.1, 0.15) is 5.75 Å². The summed E-state index contributed by atoms with van der Waals surface area (Å²) in [4.78, 5) is 10.3. The van der Waals surface area contributed by atoms with Crippen LogP contribution in [0.15, 0.2) is 24.3 Å². The average Bonchev–Trinajstić information content (AvgIpc) is 2.64. The Morgan fingerprint density at radius 2 is 1.71 bits per heavy atom. The lowest BCUT2D eigenvalue weighted by Crippen LogP contribution is -2.34. The highest BCUT2D eigenvalue weighted by atomic mass is 16.7. The van der Waals surface area contributed by atoms with Gasteiger partial charge in [-0.05, 0) is 36.8 Å². The minimum Gasteiger partial charge on any atom is -0.429 e. The Kier molecular flexibility index (Phi) is 6.27. The van der Waals surface area contributed by atoms with Crippen LogP contribution in [0.2, 0.25) is 0 Å². The van der Waals surface area contributed by atoms with Gasteiger partial charge in [-0.15, -0.1) is 0 Å². The lowest BCUT2D eigenvalue weighted by molar-refractivity contribution is -0.214. The summed E-state index contributed by atoms with van der Waals surface area (Å²) < 4.78 is 16.8. The summed E-state index contributed by atoms with van der Waals surface area (Å²) in [6.07, 6.45) is 7.78. The Morgan fingerprint density at radius 3 is 2.29 bits per heavy atom. The highest BCUT2D eigenvalue weighted by Gasteiger charge is 2.32. The molecule has 3 rings (SSSR count). The van der Waals surface area contributed by atoms with E-state index in [1.165, 1.54) is 38.5 Å². The van der Waals surface area contributed by atoms with Crippen LogP contribution >= 0.6 is 0 Å². The van der Waals surface area contributed by atoms with Gasteiger partial charge in [0.2, 0.25) is 0 Å². The molecular formula is C20H28O4. The number of benzene rings is 1. The molecular weight excluding hydrogens is 304 g/mol. The summed E-state index contributed by atoms with van der Waals surface area (Å²) in [5.74, 6) is 2.76. The van der Waals surface area contributed by atoms with E-state index in [0.29, 0.717) is 18.1 Å². The second-order valence-electron chi connectivity index (χ2n) is 7.11. The van der Waals surface area contributed by atoms with Gasteiger partial charge >= 0.3 is 0 Å². The summed E-state index contributed by atoms with van der Waals surface area (Å²) in [6.45, 7) is 4.27. The molecule has 0 radical (unpaired) electrons. The van der Waals surface area contributed by atoms with Gasteiger partial charge in [0.05, 0.1) is 13.2 Å². The number of rotatable bonds is 6. The molecule has 24 heavy (non-hydrogen) atoms. The monoisotopic (exact) mass is 332 g/mol. The normalized spacial score (nSPS) is 30.7. The van der Waals surface area contributed by atoms with Crippen molar-refractivity contribution in [1.82, 2.24) is 0 Å². The SMILES string of the molecule is CCCC1CCC([C@H]2CO[C@H](c3ccc(OC=O)cc3)OC2)CC1. The molecule has 1 saturated carbocycles. The molecule has 1 aliphatic heterocycles.